The molecule has 1 aromatic rings. The molecule has 17 heavy (non-hydrogen) atoms. The Morgan fingerprint density at radius 2 is 1.76 bits per heavy atom. The normalized spacial score (nSPS) is 12.8. The van der Waals surface area contributed by atoms with Gasteiger partial charge in [0.1, 0.15) is 12.4 Å². The molecule has 2 nitrogen and oxygen atoms in total. The average molecular weight is 257 g/mol. The summed E-state index contributed by atoms with van der Waals surface area (Å²) in [4.78, 5) is 0. The first-order valence-electron chi connectivity index (χ1n) is 6.22. The maximum atomic E-state index is 9.85. The molecule has 1 N–H and O–H groups in total. The van der Waals surface area contributed by atoms with Crippen LogP contribution in [0.5, 0.6) is 5.75 Å². The maximum absolute atomic E-state index is 9.85. The molecule has 0 heterocycles. The van der Waals surface area contributed by atoms with Crippen LogP contribution in [0.25, 0.3) is 0 Å². The standard InChI is InChI=1S/C14H21ClO2/c1-3-11(4-2)9-13(16)10-17-14-7-5-12(15)6-8-14/h5-8,11,13,16H,3-4,9-10H2,1-2H3. The smallest absolute Gasteiger partial charge is 0.119 e. The molecule has 0 saturated heterocycles. The van der Waals surface area contributed by atoms with E-state index >= 15 is 0 Å². The minimum absolute atomic E-state index is 0.345. The van der Waals surface area contributed by atoms with Gasteiger partial charge in [0.25, 0.3) is 0 Å². The molecule has 0 aromatic heterocycles. The summed E-state index contributed by atoms with van der Waals surface area (Å²) in [6, 6.07) is 7.19. The zero-order valence-electron chi connectivity index (χ0n) is 10.5. The Bertz CT molecular complexity index is 307. The molecule has 3 heteroatoms. The van der Waals surface area contributed by atoms with E-state index in [1.165, 1.54) is 0 Å². The Kier molecular flexibility index (Phi) is 6.38. The van der Waals surface area contributed by atoms with Crippen LogP contribution in [0.2, 0.25) is 5.02 Å². The number of halogens is 1. The van der Waals surface area contributed by atoms with Crippen molar-refractivity contribution in [1.29, 1.82) is 0 Å². The molecule has 0 saturated carbocycles. The highest BCUT2D eigenvalue weighted by molar-refractivity contribution is 6.30. The van der Waals surface area contributed by atoms with E-state index in [4.69, 9.17) is 16.3 Å². The van der Waals surface area contributed by atoms with Gasteiger partial charge in [-0.15, -0.1) is 0 Å². The number of rotatable bonds is 7. The second-order valence-corrected chi connectivity index (χ2v) is 4.77. The van der Waals surface area contributed by atoms with Gasteiger partial charge in [0.15, 0.2) is 0 Å². The summed E-state index contributed by atoms with van der Waals surface area (Å²) in [5, 5.41) is 10.5. The molecule has 0 fully saturated rings. The number of aliphatic hydroxyl groups excluding tert-OH is 1. The first-order valence-corrected chi connectivity index (χ1v) is 6.59. The minimum atomic E-state index is -0.393. The monoisotopic (exact) mass is 256 g/mol. The molecule has 96 valence electrons. The van der Waals surface area contributed by atoms with Crippen molar-refractivity contribution in [2.45, 2.75) is 39.2 Å². The van der Waals surface area contributed by atoms with Crippen LogP contribution in [-0.4, -0.2) is 17.8 Å². The fourth-order valence-corrected chi connectivity index (χ4v) is 1.92. The summed E-state index contributed by atoms with van der Waals surface area (Å²) in [5.74, 6) is 1.33. The van der Waals surface area contributed by atoms with Crippen molar-refractivity contribution in [3.8, 4) is 5.75 Å². The second-order valence-electron chi connectivity index (χ2n) is 4.34. The molecule has 0 aliphatic rings. The molecule has 0 aliphatic heterocycles. The van der Waals surface area contributed by atoms with Gasteiger partial charge in [-0.1, -0.05) is 38.3 Å². The van der Waals surface area contributed by atoms with Gasteiger partial charge in [-0.2, -0.15) is 0 Å². The first-order chi connectivity index (χ1) is 8.15. The molecule has 1 aromatic carbocycles. The molecule has 1 rings (SSSR count). The molecule has 1 unspecified atom stereocenters. The fourth-order valence-electron chi connectivity index (χ4n) is 1.80. The highest BCUT2D eigenvalue weighted by Crippen LogP contribution is 2.18. The van der Waals surface area contributed by atoms with Crippen LogP contribution in [0.15, 0.2) is 24.3 Å². The highest BCUT2D eigenvalue weighted by atomic mass is 35.5. The van der Waals surface area contributed by atoms with Crippen LogP contribution < -0.4 is 4.74 Å². The van der Waals surface area contributed by atoms with Gasteiger partial charge in [0.05, 0.1) is 6.10 Å². The summed E-state index contributed by atoms with van der Waals surface area (Å²) in [7, 11) is 0. The zero-order valence-corrected chi connectivity index (χ0v) is 11.3. The van der Waals surface area contributed by atoms with Gasteiger partial charge in [-0.3, -0.25) is 0 Å². The predicted molar refractivity (Wildman–Crippen MR) is 71.6 cm³/mol. The van der Waals surface area contributed by atoms with Gasteiger partial charge < -0.3 is 9.84 Å². The van der Waals surface area contributed by atoms with Crippen molar-refractivity contribution in [1.82, 2.24) is 0 Å². The molecular weight excluding hydrogens is 236 g/mol. The largest absolute Gasteiger partial charge is 0.491 e. The predicted octanol–water partition coefficient (Wildman–Crippen LogP) is 3.91. The lowest BCUT2D eigenvalue weighted by atomic mass is 9.96. The zero-order chi connectivity index (χ0) is 12.7. The summed E-state index contributed by atoms with van der Waals surface area (Å²) >= 11 is 5.78. The van der Waals surface area contributed by atoms with Gasteiger partial charge in [0, 0.05) is 5.02 Å². The summed E-state index contributed by atoms with van der Waals surface area (Å²) < 4.78 is 5.50. The van der Waals surface area contributed by atoms with Crippen LogP contribution >= 0.6 is 11.6 Å². The van der Waals surface area contributed by atoms with E-state index in [0.717, 1.165) is 25.0 Å². The van der Waals surface area contributed by atoms with Crippen LogP contribution in [-0.2, 0) is 0 Å². The van der Waals surface area contributed by atoms with Crippen molar-refractivity contribution in [3.05, 3.63) is 29.3 Å². The van der Waals surface area contributed by atoms with E-state index < -0.39 is 6.10 Å². The van der Waals surface area contributed by atoms with Gasteiger partial charge in [0.2, 0.25) is 0 Å². The quantitative estimate of drug-likeness (QED) is 0.802. The van der Waals surface area contributed by atoms with E-state index in [9.17, 15) is 5.11 Å². The first kappa shape index (κ1) is 14.3. The number of ether oxygens (including phenoxy) is 1. The Hall–Kier alpha value is -0.730. The molecule has 0 amide bonds. The van der Waals surface area contributed by atoms with Crippen molar-refractivity contribution >= 4 is 11.6 Å². The van der Waals surface area contributed by atoms with Crippen molar-refractivity contribution in [2.24, 2.45) is 5.92 Å². The summed E-state index contributed by atoms with van der Waals surface area (Å²) in [6.45, 7) is 4.65. The third-order valence-corrected chi connectivity index (χ3v) is 3.27. The molecule has 0 aliphatic carbocycles. The molecule has 0 bridgehead atoms. The van der Waals surface area contributed by atoms with Crippen LogP contribution in [0.1, 0.15) is 33.1 Å². The number of hydrogen-bond donors (Lipinski definition) is 1. The van der Waals surface area contributed by atoms with Crippen LogP contribution in [0, 0.1) is 5.92 Å². The third-order valence-electron chi connectivity index (χ3n) is 3.02. The molecule has 1 atom stereocenters. The Morgan fingerprint density at radius 3 is 2.29 bits per heavy atom. The maximum Gasteiger partial charge on any atom is 0.119 e. The number of aliphatic hydroxyl groups is 1. The van der Waals surface area contributed by atoms with Gasteiger partial charge in [-0.05, 0) is 36.6 Å². The van der Waals surface area contributed by atoms with Crippen LogP contribution in [0.3, 0.4) is 0 Å². The molecular formula is C14H21ClO2. The lowest BCUT2D eigenvalue weighted by molar-refractivity contribution is 0.0834. The minimum Gasteiger partial charge on any atom is -0.491 e. The van der Waals surface area contributed by atoms with Crippen LogP contribution in [0.4, 0.5) is 0 Å². The Balaban J connectivity index is 2.32. The van der Waals surface area contributed by atoms with Crippen molar-refractivity contribution in [3.63, 3.8) is 0 Å². The Labute approximate surface area is 109 Å². The second kappa shape index (κ2) is 7.57. The number of hydrogen-bond acceptors (Lipinski definition) is 2. The summed E-state index contributed by atoms with van der Waals surface area (Å²) in [5.41, 5.74) is 0. The van der Waals surface area contributed by atoms with Gasteiger partial charge >= 0.3 is 0 Å². The molecule has 0 radical (unpaired) electrons. The van der Waals surface area contributed by atoms with Crippen molar-refractivity contribution in [2.75, 3.05) is 6.61 Å². The SMILES string of the molecule is CCC(CC)CC(O)COc1ccc(Cl)cc1. The Morgan fingerprint density at radius 1 is 1.18 bits per heavy atom. The highest BCUT2D eigenvalue weighted by Gasteiger charge is 2.11. The lowest BCUT2D eigenvalue weighted by Crippen LogP contribution is -2.20. The lowest BCUT2D eigenvalue weighted by Gasteiger charge is -2.17. The van der Waals surface area contributed by atoms with E-state index in [0.29, 0.717) is 17.5 Å². The summed E-state index contributed by atoms with van der Waals surface area (Å²) in [6.07, 6.45) is 2.62. The number of benzene rings is 1. The molecule has 0 spiro atoms. The van der Waals surface area contributed by atoms with Crippen molar-refractivity contribution < 1.29 is 9.84 Å². The van der Waals surface area contributed by atoms with Gasteiger partial charge in [-0.25, -0.2) is 0 Å². The van der Waals surface area contributed by atoms with E-state index in [1.807, 2.05) is 12.1 Å². The van der Waals surface area contributed by atoms with E-state index in [2.05, 4.69) is 13.8 Å². The fraction of sp³-hybridized carbons (Fsp3) is 0.571. The van der Waals surface area contributed by atoms with E-state index in [-0.39, 0.29) is 0 Å². The average Bonchev–Trinajstić information content (AvgIpc) is 2.35. The third kappa shape index (κ3) is 5.42. The van der Waals surface area contributed by atoms with E-state index in [1.54, 1.807) is 12.1 Å². The topological polar surface area (TPSA) is 29.5 Å².